The van der Waals surface area contributed by atoms with E-state index in [1.54, 1.807) is 54.5 Å². The molecule has 0 unspecified atom stereocenters. The van der Waals surface area contributed by atoms with Crippen LogP contribution in [0.3, 0.4) is 0 Å². The van der Waals surface area contributed by atoms with Gasteiger partial charge in [-0.15, -0.1) is 0 Å². The Hall–Kier alpha value is -3.29. The molecule has 0 N–H and O–H groups in total. The Kier molecular flexibility index (Phi) is 4.92. The largest absolute Gasteiger partial charge is 0.481 e. The molecule has 3 aromatic rings. The van der Waals surface area contributed by atoms with Gasteiger partial charge in [0, 0.05) is 25.9 Å². The molecule has 0 bridgehead atoms. The van der Waals surface area contributed by atoms with E-state index in [1.807, 2.05) is 19.9 Å². The normalized spacial score (nSPS) is 10.6. The van der Waals surface area contributed by atoms with Gasteiger partial charge in [-0.3, -0.25) is 14.8 Å². The highest BCUT2D eigenvalue weighted by Crippen LogP contribution is 2.23. The zero-order chi connectivity index (χ0) is 18.7. The van der Waals surface area contributed by atoms with Crippen LogP contribution in [0.25, 0.3) is 17.1 Å². The number of aryl methyl sites for hydroxylation is 1. The molecule has 0 radical (unpaired) electrons. The van der Waals surface area contributed by atoms with Gasteiger partial charge >= 0.3 is 0 Å². The van der Waals surface area contributed by atoms with Crippen molar-refractivity contribution in [2.24, 2.45) is 0 Å². The summed E-state index contributed by atoms with van der Waals surface area (Å²) in [5, 5.41) is 4.48. The van der Waals surface area contributed by atoms with Crippen molar-refractivity contribution in [2.45, 2.75) is 13.8 Å². The van der Waals surface area contributed by atoms with Crippen LogP contribution in [0.1, 0.15) is 23.1 Å². The summed E-state index contributed by atoms with van der Waals surface area (Å²) in [5.41, 5.74) is 3.13. The first-order valence-electron chi connectivity index (χ1n) is 8.18. The Labute approximate surface area is 151 Å². The number of aromatic nitrogens is 5. The van der Waals surface area contributed by atoms with Crippen molar-refractivity contribution in [3.8, 4) is 23.0 Å². The summed E-state index contributed by atoms with van der Waals surface area (Å²) in [6.07, 6.45) is 4.98. The van der Waals surface area contributed by atoms with Crippen molar-refractivity contribution in [3.05, 3.63) is 48.2 Å². The lowest BCUT2D eigenvalue weighted by molar-refractivity contribution is 0.0796. The topological polar surface area (TPSA) is 86.0 Å². The van der Waals surface area contributed by atoms with Crippen LogP contribution in [-0.2, 0) is 0 Å². The van der Waals surface area contributed by atoms with Crippen LogP contribution < -0.4 is 4.74 Å². The number of pyridine rings is 1. The third kappa shape index (κ3) is 3.39. The molecule has 0 aromatic carbocycles. The molecule has 3 heterocycles. The maximum atomic E-state index is 12.5. The number of carbonyl (C=O) groups excluding carboxylic acids is 1. The van der Waals surface area contributed by atoms with E-state index in [9.17, 15) is 4.79 Å². The number of carbonyl (C=O) groups is 1. The van der Waals surface area contributed by atoms with Crippen LogP contribution in [0.2, 0.25) is 0 Å². The smallest absolute Gasteiger partial charge is 0.274 e. The zero-order valence-corrected chi connectivity index (χ0v) is 15.2. The molecule has 0 atom stereocenters. The average molecular weight is 352 g/mol. The minimum absolute atomic E-state index is 0.158. The highest BCUT2D eigenvalue weighted by atomic mass is 16.5. The Morgan fingerprint density at radius 2 is 2.00 bits per heavy atom. The Morgan fingerprint density at radius 1 is 1.19 bits per heavy atom. The van der Waals surface area contributed by atoms with Crippen LogP contribution in [-0.4, -0.2) is 56.2 Å². The predicted octanol–water partition coefficient (Wildman–Crippen LogP) is 2.13. The van der Waals surface area contributed by atoms with Crippen LogP contribution in [0, 0.1) is 6.92 Å². The van der Waals surface area contributed by atoms with Gasteiger partial charge in [0.05, 0.1) is 36.6 Å². The molecule has 3 rings (SSSR count). The van der Waals surface area contributed by atoms with E-state index in [0.29, 0.717) is 35.2 Å². The van der Waals surface area contributed by atoms with Gasteiger partial charge in [0.2, 0.25) is 5.88 Å². The Bertz CT molecular complexity index is 902. The molecule has 8 heteroatoms. The monoisotopic (exact) mass is 352 g/mol. The van der Waals surface area contributed by atoms with E-state index in [0.717, 1.165) is 5.69 Å². The molecule has 134 valence electrons. The summed E-state index contributed by atoms with van der Waals surface area (Å²) in [7, 11) is 3.29. The second-order valence-corrected chi connectivity index (χ2v) is 5.75. The van der Waals surface area contributed by atoms with Gasteiger partial charge in [-0.25, -0.2) is 9.67 Å². The second-order valence-electron chi connectivity index (χ2n) is 5.75. The molecule has 0 aliphatic rings. The highest BCUT2D eigenvalue weighted by Gasteiger charge is 2.20. The summed E-state index contributed by atoms with van der Waals surface area (Å²) in [6, 6.07) is 5.28. The van der Waals surface area contributed by atoms with Crippen LogP contribution in [0.15, 0.2) is 36.8 Å². The number of ether oxygens (including phenoxy) is 1. The van der Waals surface area contributed by atoms with Crippen molar-refractivity contribution in [3.63, 3.8) is 0 Å². The molecule has 0 fully saturated rings. The second kappa shape index (κ2) is 7.30. The minimum Gasteiger partial charge on any atom is -0.481 e. The molecule has 0 aliphatic carbocycles. The van der Waals surface area contributed by atoms with E-state index >= 15 is 0 Å². The molecule has 1 amide bonds. The summed E-state index contributed by atoms with van der Waals surface area (Å²) >= 11 is 0. The molecule has 3 aromatic heterocycles. The summed E-state index contributed by atoms with van der Waals surface area (Å²) in [6.45, 7) is 4.37. The Morgan fingerprint density at radius 3 is 2.58 bits per heavy atom. The molecule has 0 saturated heterocycles. The third-order valence-electron chi connectivity index (χ3n) is 3.97. The molecule has 8 nitrogen and oxygen atoms in total. The molecule has 0 spiro atoms. The first kappa shape index (κ1) is 17.5. The van der Waals surface area contributed by atoms with E-state index in [2.05, 4.69) is 20.1 Å². The summed E-state index contributed by atoms with van der Waals surface area (Å²) in [5.74, 6) is 0.341. The van der Waals surface area contributed by atoms with Gasteiger partial charge in [0.1, 0.15) is 5.69 Å². The lowest BCUT2D eigenvalue weighted by Crippen LogP contribution is -2.26. The molecular weight excluding hydrogens is 332 g/mol. The lowest BCUT2D eigenvalue weighted by atomic mass is 10.2. The van der Waals surface area contributed by atoms with Gasteiger partial charge in [-0.05, 0) is 26.0 Å². The first-order chi connectivity index (χ1) is 12.5. The van der Waals surface area contributed by atoms with Crippen molar-refractivity contribution in [1.29, 1.82) is 0 Å². The minimum atomic E-state index is -0.158. The van der Waals surface area contributed by atoms with Gasteiger partial charge in [-0.2, -0.15) is 5.10 Å². The third-order valence-corrected chi connectivity index (χ3v) is 3.97. The first-order valence-corrected chi connectivity index (χ1v) is 8.18. The van der Waals surface area contributed by atoms with Crippen molar-refractivity contribution in [1.82, 2.24) is 29.6 Å². The van der Waals surface area contributed by atoms with Gasteiger partial charge in [0.25, 0.3) is 5.91 Å². The Balaban J connectivity index is 2.11. The SMILES string of the molecule is CCN(C)C(=O)c1cc(-c2cnc(C)cn2)n(-c2ccc(OC)nc2)n1. The van der Waals surface area contributed by atoms with Crippen molar-refractivity contribution < 1.29 is 9.53 Å². The fourth-order valence-corrected chi connectivity index (χ4v) is 2.35. The quantitative estimate of drug-likeness (QED) is 0.699. The number of hydrogen-bond acceptors (Lipinski definition) is 6. The number of nitrogens with zero attached hydrogens (tertiary/aromatic N) is 6. The van der Waals surface area contributed by atoms with Crippen LogP contribution in [0.4, 0.5) is 0 Å². The number of hydrogen-bond donors (Lipinski definition) is 0. The standard InChI is InChI=1S/C18H20N6O2/c1-5-23(3)18(25)14-8-16(15-11-19-12(2)9-20-15)24(22-14)13-6-7-17(26-4)21-10-13/h6-11H,5H2,1-4H3. The fourth-order valence-electron chi connectivity index (χ4n) is 2.35. The average Bonchev–Trinajstić information content (AvgIpc) is 3.12. The summed E-state index contributed by atoms with van der Waals surface area (Å²) < 4.78 is 6.74. The van der Waals surface area contributed by atoms with Crippen LogP contribution >= 0.6 is 0 Å². The number of methoxy groups -OCH3 is 1. The van der Waals surface area contributed by atoms with Crippen LogP contribution in [0.5, 0.6) is 5.88 Å². The van der Waals surface area contributed by atoms with Crippen molar-refractivity contribution >= 4 is 5.91 Å². The molecule has 0 aliphatic heterocycles. The van der Waals surface area contributed by atoms with E-state index in [4.69, 9.17) is 4.74 Å². The molecule has 26 heavy (non-hydrogen) atoms. The summed E-state index contributed by atoms with van der Waals surface area (Å²) in [4.78, 5) is 27.1. The highest BCUT2D eigenvalue weighted by molar-refractivity contribution is 5.93. The van der Waals surface area contributed by atoms with Gasteiger partial charge in [-0.1, -0.05) is 0 Å². The maximum Gasteiger partial charge on any atom is 0.274 e. The van der Waals surface area contributed by atoms with E-state index in [1.165, 1.54) is 0 Å². The van der Waals surface area contributed by atoms with Gasteiger partial charge in [0.15, 0.2) is 5.69 Å². The number of amides is 1. The number of rotatable bonds is 5. The fraction of sp³-hybridized carbons (Fsp3) is 0.278. The molecular formula is C18H20N6O2. The predicted molar refractivity (Wildman–Crippen MR) is 96.3 cm³/mol. The zero-order valence-electron chi connectivity index (χ0n) is 15.2. The molecule has 0 saturated carbocycles. The maximum absolute atomic E-state index is 12.5. The lowest BCUT2D eigenvalue weighted by Gasteiger charge is -2.11. The van der Waals surface area contributed by atoms with Gasteiger partial charge < -0.3 is 9.64 Å². The van der Waals surface area contributed by atoms with E-state index < -0.39 is 0 Å². The van der Waals surface area contributed by atoms with Crippen molar-refractivity contribution in [2.75, 3.05) is 20.7 Å². The van der Waals surface area contributed by atoms with E-state index in [-0.39, 0.29) is 5.91 Å².